The molecule has 0 aromatic rings. The highest BCUT2D eigenvalue weighted by atomic mass is 16.3. The van der Waals surface area contributed by atoms with Gasteiger partial charge in [-0.05, 0) is 83.5 Å². The molecular weight excluding hydrogens is 811 g/mol. The zero-order valence-electron chi connectivity index (χ0n) is 44.3. The number of nitrogens with one attached hydrogen (secondary N) is 1. The van der Waals surface area contributed by atoms with E-state index < -0.39 is 18.2 Å². The largest absolute Gasteiger partial charge is 0.394 e. The lowest BCUT2D eigenvalue weighted by atomic mass is 10.0. The highest BCUT2D eigenvalue weighted by Crippen LogP contribution is 2.17. The van der Waals surface area contributed by atoms with Crippen LogP contribution in [0.3, 0.4) is 0 Å². The van der Waals surface area contributed by atoms with Crippen molar-refractivity contribution in [3.05, 3.63) is 48.6 Å². The monoisotopic (exact) mass is 926 g/mol. The van der Waals surface area contributed by atoms with Gasteiger partial charge in [-0.2, -0.15) is 0 Å². The molecule has 0 bridgehead atoms. The summed E-state index contributed by atoms with van der Waals surface area (Å²) >= 11 is 0. The minimum Gasteiger partial charge on any atom is -0.394 e. The molecule has 0 heterocycles. The van der Waals surface area contributed by atoms with E-state index in [9.17, 15) is 20.1 Å². The molecule has 0 spiro atoms. The Hall–Kier alpha value is -1.69. The fourth-order valence-corrected chi connectivity index (χ4v) is 9.09. The Kier molecular flexibility index (Phi) is 54.5. The lowest BCUT2D eigenvalue weighted by Gasteiger charge is -2.26. The zero-order chi connectivity index (χ0) is 47.9. The second kappa shape index (κ2) is 55.9. The van der Waals surface area contributed by atoms with Crippen LogP contribution in [0, 0.1) is 0 Å². The average molecular weight is 927 g/mol. The van der Waals surface area contributed by atoms with E-state index in [-0.39, 0.29) is 12.5 Å². The molecule has 0 rings (SSSR count). The normalized spacial score (nSPS) is 13.6. The van der Waals surface area contributed by atoms with Crippen LogP contribution >= 0.6 is 0 Å². The molecule has 3 unspecified atom stereocenters. The van der Waals surface area contributed by atoms with Crippen LogP contribution in [0.25, 0.3) is 0 Å². The summed E-state index contributed by atoms with van der Waals surface area (Å²) < 4.78 is 0. The van der Waals surface area contributed by atoms with E-state index in [4.69, 9.17) is 0 Å². The van der Waals surface area contributed by atoms with Crippen LogP contribution in [-0.4, -0.2) is 46.1 Å². The van der Waals surface area contributed by atoms with E-state index >= 15 is 0 Å². The summed E-state index contributed by atoms with van der Waals surface area (Å²) in [5, 5.41) is 33.8. The zero-order valence-corrected chi connectivity index (χ0v) is 44.3. The number of aliphatic hydroxyl groups excluding tert-OH is 3. The van der Waals surface area contributed by atoms with Gasteiger partial charge < -0.3 is 20.6 Å². The van der Waals surface area contributed by atoms with Crippen LogP contribution in [0.2, 0.25) is 0 Å². The number of hydrogen-bond acceptors (Lipinski definition) is 4. The molecule has 0 saturated carbocycles. The Morgan fingerprint density at radius 2 is 0.667 bits per heavy atom. The second-order valence-electron chi connectivity index (χ2n) is 20.2. The Morgan fingerprint density at radius 1 is 0.379 bits per heavy atom. The molecule has 5 nitrogen and oxygen atoms in total. The van der Waals surface area contributed by atoms with E-state index in [2.05, 4.69) is 67.8 Å². The van der Waals surface area contributed by atoms with E-state index in [0.29, 0.717) is 12.8 Å². The first-order valence-corrected chi connectivity index (χ1v) is 29.4. The van der Waals surface area contributed by atoms with Crippen LogP contribution in [0.5, 0.6) is 0 Å². The molecular formula is C61H115NO4. The molecule has 0 fully saturated rings. The number of unbranched alkanes of at least 4 members (excludes halogenated alkanes) is 38. The van der Waals surface area contributed by atoms with Crippen molar-refractivity contribution in [2.45, 2.75) is 327 Å². The summed E-state index contributed by atoms with van der Waals surface area (Å²) in [6.45, 7) is 4.19. The molecule has 1 amide bonds. The molecule has 0 aliphatic carbocycles. The fourth-order valence-electron chi connectivity index (χ4n) is 9.09. The number of amides is 1. The van der Waals surface area contributed by atoms with E-state index in [1.807, 2.05) is 0 Å². The molecule has 0 saturated heterocycles. The van der Waals surface area contributed by atoms with E-state index in [0.717, 1.165) is 51.4 Å². The topological polar surface area (TPSA) is 89.8 Å². The van der Waals surface area contributed by atoms with Crippen LogP contribution in [0.1, 0.15) is 309 Å². The third-order valence-electron chi connectivity index (χ3n) is 13.6. The maximum absolute atomic E-state index is 12.5. The fraction of sp³-hybridized carbons (Fsp3) is 0.852. The van der Waals surface area contributed by atoms with Gasteiger partial charge in [0.1, 0.15) is 6.10 Å². The smallest absolute Gasteiger partial charge is 0.220 e. The lowest BCUT2D eigenvalue weighted by Crippen LogP contribution is -2.50. The highest BCUT2D eigenvalue weighted by molar-refractivity contribution is 5.76. The summed E-state index contributed by atoms with van der Waals surface area (Å²) in [5.41, 5.74) is 0. The standard InChI is InChI=1S/C61H115NO4/c1-3-5-7-9-11-13-15-17-19-21-23-25-27-28-29-30-31-32-34-36-38-40-42-44-46-48-50-52-54-56-60(65)62-58(57-63)61(66)59(64)55-53-51-49-47-45-43-41-39-37-35-33-26-24-22-20-18-16-14-12-10-8-6-4-2/h23,25,28-29,39,41,47,49,58-59,61,63-64,66H,3-22,24,26-27,30-38,40,42-46,48,50-57H2,1-2H3,(H,62,65)/b25-23-,29-28-,41-39+,49-47+. The number of allylic oxidation sites excluding steroid dienone is 8. The quantitative estimate of drug-likeness (QED) is 0.0361. The van der Waals surface area contributed by atoms with Gasteiger partial charge in [-0.3, -0.25) is 4.79 Å². The second-order valence-corrected chi connectivity index (χ2v) is 20.2. The van der Waals surface area contributed by atoms with Gasteiger partial charge in [-0.1, -0.05) is 268 Å². The van der Waals surface area contributed by atoms with Gasteiger partial charge in [0.15, 0.2) is 0 Å². The van der Waals surface area contributed by atoms with Crippen molar-refractivity contribution in [3.63, 3.8) is 0 Å². The molecule has 5 heteroatoms. The van der Waals surface area contributed by atoms with Crippen molar-refractivity contribution in [1.29, 1.82) is 0 Å². The average Bonchev–Trinajstić information content (AvgIpc) is 3.32. The summed E-state index contributed by atoms with van der Waals surface area (Å²) in [5.74, 6) is -0.157. The van der Waals surface area contributed by atoms with Gasteiger partial charge >= 0.3 is 0 Å². The minimum atomic E-state index is -1.17. The van der Waals surface area contributed by atoms with Gasteiger partial charge in [0.05, 0.1) is 18.8 Å². The number of carbonyl (C=O) groups excluding carboxylic acids is 1. The Bertz CT molecular complexity index is 1070. The Morgan fingerprint density at radius 3 is 1.02 bits per heavy atom. The summed E-state index contributed by atoms with van der Waals surface area (Å²) in [7, 11) is 0. The van der Waals surface area contributed by atoms with Crippen molar-refractivity contribution < 1.29 is 20.1 Å². The number of hydrogen-bond donors (Lipinski definition) is 4. The van der Waals surface area contributed by atoms with Crippen molar-refractivity contribution in [2.24, 2.45) is 0 Å². The molecule has 0 radical (unpaired) electrons. The molecule has 388 valence electrons. The predicted octanol–water partition coefficient (Wildman–Crippen LogP) is 18.4. The molecule has 4 N–H and O–H groups in total. The first kappa shape index (κ1) is 64.3. The van der Waals surface area contributed by atoms with Crippen molar-refractivity contribution in [1.82, 2.24) is 5.32 Å². The summed E-state index contributed by atoms with van der Waals surface area (Å²) in [4.78, 5) is 12.5. The van der Waals surface area contributed by atoms with Crippen LogP contribution in [0.15, 0.2) is 48.6 Å². The van der Waals surface area contributed by atoms with Gasteiger partial charge in [0.25, 0.3) is 0 Å². The van der Waals surface area contributed by atoms with E-state index in [1.54, 1.807) is 0 Å². The van der Waals surface area contributed by atoms with Gasteiger partial charge in [0, 0.05) is 6.42 Å². The summed E-state index contributed by atoms with van der Waals surface area (Å²) in [6, 6.07) is -0.835. The van der Waals surface area contributed by atoms with Gasteiger partial charge in [-0.25, -0.2) is 0 Å². The molecule has 0 aliphatic heterocycles. The third kappa shape index (κ3) is 50.2. The van der Waals surface area contributed by atoms with Crippen molar-refractivity contribution in [3.8, 4) is 0 Å². The Labute approximate surface area is 412 Å². The van der Waals surface area contributed by atoms with Gasteiger partial charge in [-0.15, -0.1) is 0 Å². The maximum atomic E-state index is 12.5. The molecule has 0 aliphatic rings. The molecule has 66 heavy (non-hydrogen) atoms. The molecule has 3 atom stereocenters. The third-order valence-corrected chi connectivity index (χ3v) is 13.6. The molecule has 0 aromatic carbocycles. The first-order chi connectivity index (χ1) is 32.6. The van der Waals surface area contributed by atoms with Crippen molar-refractivity contribution in [2.75, 3.05) is 6.61 Å². The lowest BCUT2D eigenvalue weighted by molar-refractivity contribution is -0.124. The predicted molar refractivity (Wildman–Crippen MR) is 291 cm³/mol. The van der Waals surface area contributed by atoms with Crippen molar-refractivity contribution >= 4 is 5.91 Å². The van der Waals surface area contributed by atoms with E-state index in [1.165, 1.54) is 231 Å². The van der Waals surface area contributed by atoms with Crippen LogP contribution < -0.4 is 5.32 Å². The Balaban J connectivity index is 3.59. The summed E-state index contributed by atoms with van der Waals surface area (Å²) in [6.07, 6.45) is 74.2. The number of rotatable bonds is 54. The maximum Gasteiger partial charge on any atom is 0.220 e. The number of aliphatic hydroxyl groups is 3. The molecule has 0 aromatic heterocycles. The minimum absolute atomic E-state index is 0.157. The van der Waals surface area contributed by atoms with Crippen LogP contribution in [0.4, 0.5) is 0 Å². The first-order valence-electron chi connectivity index (χ1n) is 29.4. The SMILES string of the molecule is CCCCCCCCCCC/C=C\C/C=C\CCCCCCCCCCCCCCCC(=O)NC(CO)C(O)C(O)CCC/C=C/CC/C=C/CCCCCCCCCCCCCCCC. The van der Waals surface area contributed by atoms with Crippen LogP contribution in [-0.2, 0) is 4.79 Å². The number of carbonyl (C=O) groups is 1. The van der Waals surface area contributed by atoms with Gasteiger partial charge in [0.2, 0.25) is 5.91 Å². The highest BCUT2D eigenvalue weighted by Gasteiger charge is 2.26.